The van der Waals surface area contributed by atoms with Crippen molar-refractivity contribution in [2.75, 3.05) is 26.2 Å². The summed E-state index contributed by atoms with van der Waals surface area (Å²) in [5.41, 5.74) is 1.40. The summed E-state index contributed by atoms with van der Waals surface area (Å²) in [5.74, 6) is 1.20. The molecule has 22 heavy (non-hydrogen) atoms. The van der Waals surface area contributed by atoms with Gasteiger partial charge in [0, 0.05) is 32.2 Å². The van der Waals surface area contributed by atoms with Crippen LogP contribution in [0, 0.1) is 13.1 Å². The van der Waals surface area contributed by atoms with Crippen LogP contribution in [0.5, 0.6) is 5.75 Å². The minimum Gasteiger partial charge on any atom is -0.506 e. The van der Waals surface area contributed by atoms with E-state index in [1.165, 1.54) is 37.7 Å². The minimum absolute atomic E-state index is 0.438. The Balaban J connectivity index is 1.92. The van der Waals surface area contributed by atoms with E-state index in [9.17, 15) is 5.11 Å². The zero-order chi connectivity index (χ0) is 15.5. The fraction of sp³-hybridized carbons (Fsp3) is 0.647. The van der Waals surface area contributed by atoms with Crippen LogP contribution in [0.25, 0.3) is 0 Å². The standard InChI is InChI=1S/C17H24I2N2O/c18-14-10-13(11-15(19)17(14)22)16(12-4-2-1-3-5-12)21-8-6-20-7-9-21/h10-12,16,20,22H,1-9H2/t16-/m0/s1. The van der Waals surface area contributed by atoms with Gasteiger partial charge in [-0.3, -0.25) is 4.90 Å². The van der Waals surface area contributed by atoms with Gasteiger partial charge in [-0.05, 0) is 81.6 Å². The Morgan fingerprint density at radius 1 is 1.05 bits per heavy atom. The second-order valence-corrected chi connectivity index (χ2v) is 8.79. The molecule has 0 unspecified atom stereocenters. The van der Waals surface area contributed by atoms with Gasteiger partial charge in [-0.1, -0.05) is 19.3 Å². The van der Waals surface area contributed by atoms with Crippen LogP contribution in [-0.4, -0.2) is 36.2 Å². The normalized spacial score (nSPS) is 22.6. The monoisotopic (exact) mass is 526 g/mol. The lowest BCUT2D eigenvalue weighted by molar-refractivity contribution is 0.103. The molecule has 1 atom stereocenters. The number of nitrogens with zero attached hydrogens (tertiary/aromatic N) is 1. The topological polar surface area (TPSA) is 35.5 Å². The number of benzene rings is 1. The highest BCUT2D eigenvalue weighted by Crippen LogP contribution is 2.40. The van der Waals surface area contributed by atoms with E-state index in [2.05, 4.69) is 67.5 Å². The summed E-state index contributed by atoms with van der Waals surface area (Å²) >= 11 is 4.53. The Morgan fingerprint density at radius 3 is 2.23 bits per heavy atom. The third-order valence-corrected chi connectivity index (χ3v) is 6.67. The van der Waals surface area contributed by atoms with E-state index in [1.807, 2.05) is 0 Å². The summed E-state index contributed by atoms with van der Waals surface area (Å²) in [7, 11) is 0. The molecule has 2 aliphatic rings. The molecule has 0 aromatic heterocycles. The Kier molecular flexibility index (Phi) is 6.25. The van der Waals surface area contributed by atoms with Gasteiger partial charge in [-0.15, -0.1) is 0 Å². The summed E-state index contributed by atoms with van der Waals surface area (Å²) in [6.45, 7) is 4.45. The predicted octanol–water partition coefficient (Wildman–Crippen LogP) is 4.13. The molecule has 1 saturated carbocycles. The van der Waals surface area contributed by atoms with Crippen LogP contribution in [-0.2, 0) is 0 Å². The summed E-state index contributed by atoms with van der Waals surface area (Å²) < 4.78 is 1.96. The van der Waals surface area contributed by atoms with Crippen LogP contribution in [0.4, 0.5) is 0 Å². The molecular formula is C17H24I2N2O. The molecule has 1 heterocycles. The third-order valence-electron chi connectivity index (χ3n) is 5.02. The van der Waals surface area contributed by atoms with E-state index in [4.69, 9.17) is 0 Å². The molecule has 1 aromatic carbocycles. The van der Waals surface area contributed by atoms with Crippen molar-refractivity contribution in [3.05, 3.63) is 24.8 Å². The van der Waals surface area contributed by atoms with Crippen LogP contribution >= 0.6 is 45.2 Å². The maximum absolute atomic E-state index is 10.1. The Morgan fingerprint density at radius 2 is 1.64 bits per heavy atom. The van der Waals surface area contributed by atoms with Gasteiger partial charge in [0.05, 0.1) is 7.14 Å². The molecule has 0 amide bonds. The minimum atomic E-state index is 0.438. The quantitative estimate of drug-likeness (QED) is 0.582. The number of hydrogen-bond acceptors (Lipinski definition) is 3. The molecule has 3 nitrogen and oxygen atoms in total. The smallest absolute Gasteiger partial charge is 0.142 e. The fourth-order valence-corrected chi connectivity index (χ4v) is 5.76. The molecule has 1 aliphatic carbocycles. The van der Waals surface area contributed by atoms with E-state index < -0.39 is 0 Å². The van der Waals surface area contributed by atoms with Gasteiger partial charge < -0.3 is 10.4 Å². The van der Waals surface area contributed by atoms with Crippen LogP contribution < -0.4 is 5.32 Å². The summed E-state index contributed by atoms with van der Waals surface area (Å²) in [5, 5.41) is 13.6. The SMILES string of the molecule is Oc1c(I)cc([C@H](C2CCCCC2)N2CCNCC2)cc1I. The molecule has 1 aliphatic heterocycles. The lowest BCUT2D eigenvalue weighted by Crippen LogP contribution is -2.47. The highest BCUT2D eigenvalue weighted by molar-refractivity contribution is 14.1. The lowest BCUT2D eigenvalue weighted by atomic mass is 9.80. The number of hydrogen-bond donors (Lipinski definition) is 2. The number of phenolic OH excluding ortho intramolecular Hbond substituents is 1. The average Bonchev–Trinajstić information content (AvgIpc) is 2.55. The number of phenols is 1. The van der Waals surface area contributed by atoms with Crippen molar-refractivity contribution in [2.24, 2.45) is 5.92 Å². The van der Waals surface area contributed by atoms with E-state index in [-0.39, 0.29) is 0 Å². The van der Waals surface area contributed by atoms with Gasteiger partial charge >= 0.3 is 0 Å². The Bertz CT molecular complexity index is 470. The van der Waals surface area contributed by atoms with Crippen molar-refractivity contribution in [3.8, 4) is 5.75 Å². The number of rotatable bonds is 3. The van der Waals surface area contributed by atoms with Crippen molar-refractivity contribution >= 4 is 45.2 Å². The van der Waals surface area contributed by atoms with Crippen molar-refractivity contribution in [1.82, 2.24) is 10.2 Å². The number of aromatic hydroxyl groups is 1. The molecule has 0 bridgehead atoms. The van der Waals surface area contributed by atoms with E-state index in [0.29, 0.717) is 11.8 Å². The van der Waals surface area contributed by atoms with Crippen LogP contribution in [0.1, 0.15) is 43.7 Å². The highest BCUT2D eigenvalue weighted by Gasteiger charge is 2.31. The first-order valence-corrected chi connectivity index (χ1v) is 10.5. The van der Waals surface area contributed by atoms with Crippen LogP contribution in [0.2, 0.25) is 0 Å². The van der Waals surface area contributed by atoms with Crippen molar-refractivity contribution in [2.45, 2.75) is 38.1 Å². The first-order chi connectivity index (χ1) is 10.7. The average molecular weight is 526 g/mol. The maximum Gasteiger partial charge on any atom is 0.142 e. The van der Waals surface area contributed by atoms with Crippen LogP contribution in [0.15, 0.2) is 12.1 Å². The van der Waals surface area contributed by atoms with E-state index in [0.717, 1.165) is 39.2 Å². The number of nitrogens with one attached hydrogen (secondary N) is 1. The summed E-state index contributed by atoms with van der Waals surface area (Å²) in [4.78, 5) is 2.67. The third kappa shape index (κ3) is 3.89. The summed E-state index contributed by atoms with van der Waals surface area (Å²) in [6, 6.07) is 4.93. The van der Waals surface area contributed by atoms with Crippen molar-refractivity contribution in [3.63, 3.8) is 0 Å². The lowest BCUT2D eigenvalue weighted by Gasteiger charge is -2.41. The molecule has 5 heteroatoms. The van der Waals surface area contributed by atoms with Gasteiger partial charge in [0.25, 0.3) is 0 Å². The zero-order valence-corrected chi connectivity index (χ0v) is 17.1. The van der Waals surface area contributed by atoms with E-state index in [1.54, 1.807) is 0 Å². The number of halogens is 2. The molecule has 2 fully saturated rings. The largest absolute Gasteiger partial charge is 0.506 e. The molecular weight excluding hydrogens is 502 g/mol. The first-order valence-electron chi connectivity index (χ1n) is 8.29. The molecule has 1 saturated heterocycles. The second kappa shape index (κ2) is 7.98. The zero-order valence-electron chi connectivity index (χ0n) is 12.8. The van der Waals surface area contributed by atoms with E-state index >= 15 is 0 Å². The van der Waals surface area contributed by atoms with Gasteiger partial charge in [0.1, 0.15) is 5.75 Å². The fourth-order valence-electron chi connectivity index (χ4n) is 3.95. The molecule has 0 radical (unpaired) electrons. The molecule has 0 spiro atoms. The molecule has 1 aromatic rings. The molecule has 122 valence electrons. The van der Waals surface area contributed by atoms with Crippen molar-refractivity contribution < 1.29 is 5.11 Å². The second-order valence-electron chi connectivity index (χ2n) is 6.46. The maximum atomic E-state index is 10.1. The highest BCUT2D eigenvalue weighted by atomic mass is 127. The summed E-state index contributed by atoms with van der Waals surface area (Å²) in [6.07, 6.45) is 6.85. The van der Waals surface area contributed by atoms with Gasteiger partial charge in [-0.25, -0.2) is 0 Å². The van der Waals surface area contributed by atoms with Gasteiger partial charge in [0.2, 0.25) is 0 Å². The van der Waals surface area contributed by atoms with Crippen molar-refractivity contribution in [1.29, 1.82) is 0 Å². The number of piperazine rings is 1. The molecule has 2 N–H and O–H groups in total. The Labute approximate surface area is 160 Å². The van der Waals surface area contributed by atoms with Gasteiger partial charge in [-0.2, -0.15) is 0 Å². The van der Waals surface area contributed by atoms with Gasteiger partial charge in [0.15, 0.2) is 0 Å². The molecule has 3 rings (SSSR count). The first kappa shape index (κ1) is 17.2. The predicted molar refractivity (Wildman–Crippen MR) is 107 cm³/mol. The Hall–Kier alpha value is 0.400. The van der Waals surface area contributed by atoms with Crippen LogP contribution in [0.3, 0.4) is 0 Å².